The van der Waals surface area contributed by atoms with Crippen molar-refractivity contribution in [3.63, 3.8) is 0 Å². The van der Waals surface area contributed by atoms with Crippen molar-refractivity contribution in [3.8, 4) is 0 Å². The quantitative estimate of drug-likeness (QED) is 0.856. The predicted molar refractivity (Wildman–Crippen MR) is 64.6 cm³/mol. The summed E-state index contributed by atoms with van der Waals surface area (Å²) in [4.78, 5) is 4.04. The van der Waals surface area contributed by atoms with E-state index in [0.717, 1.165) is 30.7 Å². The summed E-state index contributed by atoms with van der Waals surface area (Å²) in [5.41, 5.74) is 1.23. The highest BCUT2D eigenvalue weighted by atomic mass is 16.3. The molecular formula is C13H17N3O. The van der Waals surface area contributed by atoms with Crippen LogP contribution in [-0.4, -0.2) is 15.6 Å². The summed E-state index contributed by atoms with van der Waals surface area (Å²) >= 11 is 0. The van der Waals surface area contributed by atoms with Crippen molar-refractivity contribution in [2.45, 2.75) is 38.9 Å². The van der Waals surface area contributed by atoms with Gasteiger partial charge in [0.2, 0.25) is 0 Å². The molecule has 1 saturated carbocycles. The van der Waals surface area contributed by atoms with Gasteiger partial charge in [0.25, 0.3) is 0 Å². The Kier molecular flexibility index (Phi) is 2.73. The van der Waals surface area contributed by atoms with Crippen molar-refractivity contribution in [1.82, 2.24) is 14.9 Å². The molecule has 0 aromatic carbocycles. The third-order valence-electron chi connectivity index (χ3n) is 3.13. The predicted octanol–water partition coefficient (Wildman–Crippen LogP) is 2.08. The zero-order valence-electron chi connectivity index (χ0n) is 10.0. The van der Waals surface area contributed by atoms with Crippen molar-refractivity contribution in [2.24, 2.45) is 0 Å². The summed E-state index contributed by atoms with van der Waals surface area (Å²) in [6.07, 6.45) is 8.21. The van der Waals surface area contributed by atoms with Crippen molar-refractivity contribution in [1.29, 1.82) is 0 Å². The zero-order chi connectivity index (χ0) is 11.7. The van der Waals surface area contributed by atoms with Gasteiger partial charge in [-0.2, -0.15) is 0 Å². The SMILES string of the molecule is Cc1oc(CNC2CC2)cc1Cn1ccnc1. The van der Waals surface area contributed by atoms with Crippen LogP contribution in [0.2, 0.25) is 0 Å². The Hall–Kier alpha value is -1.55. The highest BCUT2D eigenvalue weighted by Gasteiger charge is 2.20. The van der Waals surface area contributed by atoms with Crippen molar-refractivity contribution in [3.05, 3.63) is 41.9 Å². The van der Waals surface area contributed by atoms with Crippen molar-refractivity contribution in [2.75, 3.05) is 0 Å². The molecule has 0 amide bonds. The average Bonchev–Trinajstić information content (AvgIpc) is 2.89. The maximum absolute atomic E-state index is 5.75. The van der Waals surface area contributed by atoms with Gasteiger partial charge in [0, 0.05) is 24.0 Å². The first-order chi connectivity index (χ1) is 8.31. The summed E-state index contributed by atoms with van der Waals surface area (Å²) in [5, 5.41) is 3.46. The van der Waals surface area contributed by atoms with E-state index in [-0.39, 0.29) is 0 Å². The fourth-order valence-electron chi connectivity index (χ4n) is 1.94. The minimum Gasteiger partial charge on any atom is -0.465 e. The van der Waals surface area contributed by atoms with E-state index in [0.29, 0.717) is 0 Å². The first-order valence-electron chi connectivity index (χ1n) is 6.08. The number of aromatic nitrogens is 2. The lowest BCUT2D eigenvalue weighted by Gasteiger charge is -1.98. The molecule has 4 nitrogen and oxygen atoms in total. The number of hydrogen-bond acceptors (Lipinski definition) is 3. The second-order valence-electron chi connectivity index (χ2n) is 4.68. The van der Waals surface area contributed by atoms with E-state index in [2.05, 4.69) is 20.9 Å². The maximum Gasteiger partial charge on any atom is 0.118 e. The van der Waals surface area contributed by atoms with Crippen LogP contribution in [0.4, 0.5) is 0 Å². The van der Waals surface area contributed by atoms with Crippen molar-refractivity contribution < 1.29 is 4.42 Å². The van der Waals surface area contributed by atoms with E-state index >= 15 is 0 Å². The monoisotopic (exact) mass is 231 g/mol. The van der Waals surface area contributed by atoms with E-state index in [1.165, 1.54) is 18.4 Å². The van der Waals surface area contributed by atoms with Crippen LogP contribution in [0.15, 0.2) is 29.2 Å². The second kappa shape index (κ2) is 4.37. The largest absolute Gasteiger partial charge is 0.465 e. The number of rotatable bonds is 5. The van der Waals surface area contributed by atoms with E-state index in [9.17, 15) is 0 Å². The Labute approximate surface area is 101 Å². The molecule has 2 aromatic heterocycles. The van der Waals surface area contributed by atoms with E-state index in [1.54, 1.807) is 6.20 Å². The number of nitrogens with zero attached hydrogens (tertiary/aromatic N) is 2. The molecule has 0 saturated heterocycles. The molecular weight excluding hydrogens is 214 g/mol. The number of nitrogens with one attached hydrogen (secondary N) is 1. The molecule has 0 unspecified atom stereocenters. The first-order valence-corrected chi connectivity index (χ1v) is 6.08. The third-order valence-corrected chi connectivity index (χ3v) is 3.13. The van der Waals surface area contributed by atoms with Gasteiger partial charge < -0.3 is 14.3 Å². The number of hydrogen-bond donors (Lipinski definition) is 1. The Morgan fingerprint density at radius 2 is 2.41 bits per heavy atom. The van der Waals surface area contributed by atoms with Crippen molar-refractivity contribution >= 4 is 0 Å². The molecule has 90 valence electrons. The molecule has 0 radical (unpaired) electrons. The molecule has 4 heteroatoms. The van der Waals surface area contributed by atoms with Crippen LogP contribution in [0, 0.1) is 6.92 Å². The highest BCUT2D eigenvalue weighted by Crippen LogP contribution is 2.21. The molecule has 0 spiro atoms. The third kappa shape index (κ3) is 2.58. The second-order valence-corrected chi connectivity index (χ2v) is 4.68. The molecule has 2 aromatic rings. The Morgan fingerprint density at radius 3 is 3.12 bits per heavy atom. The Balaban J connectivity index is 1.66. The molecule has 0 aliphatic heterocycles. The van der Waals surface area contributed by atoms with Crippen LogP contribution >= 0.6 is 0 Å². The van der Waals surface area contributed by atoms with E-state index in [1.807, 2.05) is 19.4 Å². The smallest absolute Gasteiger partial charge is 0.118 e. The summed E-state index contributed by atoms with van der Waals surface area (Å²) < 4.78 is 7.80. The van der Waals surface area contributed by atoms with E-state index in [4.69, 9.17) is 4.42 Å². The maximum atomic E-state index is 5.75. The van der Waals surface area contributed by atoms with Gasteiger partial charge in [0.05, 0.1) is 19.4 Å². The van der Waals surface area contributed by atoms with Gasteiger partial charge in [0.15, 0.2) is 0 Å². The minimum absolute atomic E-state index is 0.720. The number of aryl methyl sites for hydroxylation is 1. The minimum atomic E-state index is 0.720. The molecule has 0 atom stereocenters. The highest BCUT2D eigenvalue weighted by molar-refractivity contribution is 5.21. The van der Waals surface area contributed by atoms with Gasteiger partial charge in [-0.1, -0.05) is 0 Å². The topological polar surface area (TPSA) is 43.0 Å². The van der Waals surface area contributed by atoms with E-state index < -0.39 is 0 Å². The van der Waals surface area contributed by atoms with Crippen LogP contribution in [0.25, 0.3) is 0 Å². The van der Waals surface area contributed by atoms with Gasteiger partial charge >= 0.3 is 0 Å². The molecule has 1 fully saturated rings. The molecule has 1 aliphatic rings. The molecule has 2 heterocycles. The van der Waals surface area contributed by atoms with Crippen LogP contribution in [0.3, 0.4) is 0 Å². The van der Waals surface area contributed by atoms with Crippen LogP contribution < -0.4 is 5.32 Å². The lowest BCUT2D eigenvalue weighted by molar-refractivity contribution is 0.458. The fraction of sp³-hybridized carbons (Fsp3) is 0.462. The summed E-state index contributed by atoms with van der Waals surface area (Å²) in [5.74, 6) is 2.04. The Morgan fingerprint density at radius 1 is 1.53 bits per heavy atom. The number of furan rings is 1. The molecule has 1 aliphatic carbocycles. The van der Waals surface area contributed by atoms with Gasteiger partial charge in [-0.3, -0.25) is 0 Å². The van der Waals surface area contributed by atoms with Gasteiger partial charge in [-0.25, -0.2) is 4.98 Å². The Bertz CT molecular complexity index is 483. The molecule has 1 N–H and O–H groups in total. The summed E-state index contributed by atoms with van der Waals surface area (Å²) in [6.45, 7) is 3.70. The molecule has 0 bridgehead atoms. The molecule has 17 heavy (non-hydrogen) atoms. The lowest BCUT2D eigenvalue weighted by atomic mass is 10.2. The van der Waals surface area contributed by atoms with Gasteiger partial charge in [0.1, 0.15) is 11.5 Å². The van der Waals surface area contributed by atoms with Gasteiger partial charge in [-0.05, 0) is 25.8 Å². The standard InChI is InChI=1S/C13H17N3O/c1-10-11(8-16-5-4-14-9-16)6-13(17-10)7-15-12-2-3-12/h4-6,9,12,15H,2-3,7-8H2,1H3. The normalized spacial score (nSPS) is 15.4. The number of imidazole rings is 1. The fourth-order valence-corrected chi connectivity index (χ4v) is 1.94. The van der Waals surface area contributed by atoms with Crippen LogP contribution in [0.5, 0.6) is 0 Å². The summed E-state index contributed by atoms with van der Waals surface area (Å²) in [6, 6.07) is 2.86. The van der Waals surface area contributed by atoms with Crippen LogP contribution in [-0.2, 0) is 13.1 Å². The average molecular weight is 231 g/mol. The zero-order valence-corrected chi connectivity index (χ0v) is 10.0. The van der Waals surface area contributed by atoms with Crippen LogP contribution in [0.1, 0.15) is 29.9 Å². The summed E-state index contributed by atoms with van der Waals surface area (Å²) in [7, 11) is 0. The molecule has 3 rings (SSSR count). The lowest BCUT2D eigenvalue weighted by Crippen LogP contribution is -2.14. The van der Waals surface area contributed by atoms with Gasteiger partial charge in [-0.15, -0.1) is 0 Å². The first kappa shape index (κ1) is 10.6.